The van der Waals surface area contributed by atoms with Crippen LogP contribution >= 0.6 is 0 Å². The van der Waals surface area contributed by atoms with Gasteiger partial charge in [0.1, 0.15) is 5.60 Å². The molecule has 0 aliphatic carbocycles. The van der Waals surface area contributed by atoms with Crippen molar-refractivity contribution >= 4 is 0 Å². The molecular formula is C17H16O6. The van der Waals surface area contributed by atoms with Crippen molar-refractivity contribution in [3.05, 3.63) is 47.0 Å². The smallest absolute Gasteiger partial charge is 0.157 e. The standard InChI is InChI=1S/C17H16O6/c18-11-2-1-8(5-12(11)19)17(22)10-7-14(21)13(20)6-9(10)15-3-4-16(17)23-15/h1-2,5-7,15-16,18-22H,3-4H2/t15-,16+,17+/m1/s1. The fourth-order valence-electron chi connectivity index (χ4n) is 3.64. The van der Waals surface area contributed by atoms with E-state index in [-0.39, 0.29) is 29.1 Å². The lowest BCUT2D eigenvalue weighted by molar-refractivity contribution is -0.102. The average Bonchev–Trinajstić information content (AvgIpc) is 2.97. The van der Waals surface area contributed by atoms with Crippen LogP contribution in [0, 0.1) is 0 Å². The summed E-state index contributed by atoms with van der Waals surface area (Å²) in [5.74, 6) is -1.23. The topological polar surface area (TPSA) is 110 Å². The molecule has 6 heteroatoms. The zero-order valence-corrected chi connectivity index (χ0v) is 12.1. The number of fused-ring (bicyclic) bond motifs is 4. The molecule has 0 saturated carbocycles. The molecule has 3 atom stereocenters. The van der Waals surface area contributed by atoms with E-state index in [9.17, 15) is 25.5 Å². The summed E-state index contributed by atoms with van der Waals surface area (Å²) in [6.07, 6.45) is 0.508. The van der Waals surface area contributed by atoms with Gasteiger partial charge >= 0.3 is 0 Å². The summed E-state index contributed by atoms with van der Waals surface area (Å²) < 4.78 is 5.87. The first kappa shape index (κ1) is 14.2. The highest BCUT2D eigenvalue weighted by molar-refractivity contribution is 5.55. The maximum atomic E-state index is 11.4. The Bertz CT molecular complexity index is 802. The molecule has 0 unspecified atom stereocenters. The van der Waals surface area contributed by atoms with Gasteiger partial charge in [0.15, 0.2) is 23.0 Å². The first-order chi connectivity index (χ1) is 10.9. The van der Waals surface area contributed by atoms with Crippen molar-refractivity contribution in [1.29, 1.82) is 0 Å². The van der Waals surface area contributed by atoms with E-state index in [0.29, 0.717) is 29.5 Å². The second-order valence-corrected chi connectivity index (χ2v) is 6.09. The predicted molar refractivity (Wildman–Crippen MR) is 79.4 cm³/mol. The second kappa shape index (κ2) is 4.53. The van der Waals surface area contributed by atoms with Gasteiger partial charge in [-0.15, -0.1) is 0 Å². The molecule has 2 heterocycles. The van der Waals surface area contributed by atoms with Crippen LogP contribution in [0.15, 0.2) is 30.3 Å². The molecule has 4 rings (SSSR count). The van der Waals surface area contributed by atoms with Crippen LogP contribution in [0.1, 0.15) is 35.6 Å². The number of aromatic hydroxyl groups is 4. The van der Waals surface area contributed by atoms with E-state index in [1.807, 2.05) is 0 Å². The second-order valence-electron chi connectivity index (χ2n) is 6.09. The number of benzene rings is 2. The molecule has 0 radical (unpaired) electrons. The number of phenolic OH excluding ortho intramolecular Hbond substituents is 4. The van der Waals surface area contributed by atoms with E-state index >= 15 is 0 Å². The van der Waals surface area contributed by atoms with Crippen molar-refractivity contribution in [3.63, 3.8) is 0 Å². The normalized spacial score (nSPS) is 28.6. The fraction of sp³-hybridized carbons (Fsp3) is 0.294. The van der Waals surface area contributed by atoms with Crippen LogP contribution in [-0.4, -0.2) is 31.6 Å². The molecular weight excluding hydrogens is 300 g/mol. The summed E-state index contributed by atoms with van der Waals surface area (Å²) in [5, 5.41) is 50.3. The minimum absolute atomic E-state index is 0.243. The van der Waals surface area contributed by atoms with Gasteiger partial charge in [-0.25, -0.2) is 0 Å². The number of phenols is 4. The van der Waals surface area contributed by atoms with Crippen LogP contribution in [0.2, 0.25) is 0 Å². The number of ether oxygens (including phenoxy) is 1. The number of hydrogen-bond donors (Lipinski definition) is 5. The van der Waals surface area contributed by atoms with Gasteiger partial charge in [0, 0.05) is 5.56 Å². The monoisotopic (exact) mass is 316 g/mol. The summed E-state index contributed by atoms with van der Waals surface area (Å²) in [6, 6.07) is 6.82. The van der Waals surface area contributed by atoms with Gasteiger partial charge in [0.05, 0.1) is 12.2 Å². The first-order valence-corrected chi connectivity index (χ1v) is 7.38. The van der Waals surface area contributed by atoms with Gasteiger partial charge in [-0.1, -0.05) is 6.07 Å². The van der Waals surface area contributed by atoms with Crippen LogP contribution in [0.5, 0.6) is 23.0 Å². The van der Waals surface area contributed by atoms with E-state index in [0.717, 1.165) is 0 Å². The maximum Gasteiger partial charge on any atom is 0.157 e. The molecule has 6 nitrogen and oxygen atoms in total. The highest BCUT2D eigenvalue weighted by Gasteiger charge is 2.52. The molecule has 2 aromatic rings. The van der Waals surface area contributed by atoms with Gasteiger partial charge in [-0.2, -0.15) is 0 Å². The summed E-state index contributed by atoms with van der Waals surface area (Å²) in [5.41, 5.74) is -0.177. The highest BCUT2D eigenvalue weighted by atomic mass is 16.5. The zero-order chi connectivity index (χ0) is 16.4. The van der Waals surface area contributed by atoms with E-state index in [4.69, 9.17) is 4.74 Å². The molecule has 2 aliphatic heterocycles. The Labute approximate surface area is 131 Å². The third-order valence-corrected chi connectivity index (χ3v) is 4.81. The first-order valence-electron chi connectivity index (χ1n) is 7.38. The largest absolute Gasteiger partial charge is 0.504 e. The third-order valence-electron chi connectivity index (χ3n) is 4.81. The Kier molecular flexibility index (Phi) is 2.79. The zero-order valence-electron chi connectivity index (χ0n) is 12.1. The summed E-state index contributed by atoms with van der Waals surface area (Å²) in [7, 11) is 0. The lowest BCUT2D eigenvalue weighted by Gasteiger charge is -2.40. The van der Waals surface area contributed by atoms with Crippen molar-refractivity contribution in [1.82, 2.24) is 0 Å². The van der Waals surface area contributed by atoms with Crippen LogP contribution in [0.25, 0.3) is 0 Å². The fourth-order valence-corrected chi connectivity index (χ4v) is 3.64. The summed E-state index contributed by atoms with van der Waals surface area (Å²) in [6.45, 7) is 0. The van der Waals surface area contributed by atoms with Crippen molar-refractivity contribution in [3.8, 4) is 23.0 Å². The quantitative estimate of drug-likeness (QED) is 0.515. The van der Waals surface area contributed by atoms with Gasteiger partial charge in [-0.05, 0) is 48.2 Å². The molecule has 120 valence electrons. The van der Waals surface area contributed by atoms with Crippen LogP contribution in [0.3, 0.4) is 0 Å². The van der Waals surface area contributed by atoms with Crippen LogP contribution < -0.4 is 0 Å². The maximum absolute atomic E-state index is 11.4. The average molecular weight is 316 g/mol. The van der Waals surface area contributed by atoms with E-state index < -0.39 is 11.7 Å². The summed E-state index contributed by atoms with van der Waals surface area (Å²) >= 11 is 0. The molecule has 0 spiro atoms. The molecule has 1 fully saturated rings. The highest BCUT2D eigenvalue weighted by Crippen LogP contribution is 2.54. The van der Waals surface area contributed by atoms with Gasteiger partial charge < -0.3 is 30.3 Å². The molecule has 1 saturated heterocycles. The lowest BCUT2D eigenvalue weighted by Crippen LogP contribution is -2.43. The van der Waals surface area contributed by atoms with Gasteiger partial charge in [0.2, 0.25) is 0 Å². The minimum Gasteiger partial charge on any atom is -0.504 e. The Morgan fingerprint density at radius 2 is 1.57 bits per heavy atom. The Morgan fingerprint density at radius 3 is 2.30 bits per heavy atom. The van der Waals surface area contributed by atoms with Crippen molar-refractivity contribution in [2.45, 2.75) is 30.7 Å². The Hall–Kier alpha value is -2.44. The SMILES string of the molecule is Oc1ccc([C@]2(O)c3cc(O)c(O)cc3[C@H]3CC[C@@H]2O3)cc1O. The number of aliphatic hydroxyl groups is 1. The van der Waals surface area contributed by atoms with Crippen molar-refractivity contribution < 1.29 is 30.3 Å². The molecule has 0 aromatic heterocycles. The Morgan fingerprint density at radius 1 is 0.870 bits per heavy atom. The number of rotatable bonds is 1. The van der Waals surface area contributed by atoms with Gasteiger partial charge in [0.25, 0.3) is 0 Å². The Balaban J connectivity index is 1.98. The molecule has 0 amide bonds. The minimum atomic E-state index is -1.58. The van der Waals surface area contributed by atoms with Crippen LogP contribution in [0.4, 0.5) is 0 Å². The van der Waals surface area contributed by atoms with Crippen molar-refractivity contribution in [2.24, 2.45) is 0 Å². The lowest BCUT2D eigenvalue weighted by atomic mass is 9.78. The molecule has 5 N–H and O–H groups in total. The molecule has 23 heavy (non-hydrogen) atoms. The molecule has 2 bridgehead atoms. The van der Waals surface area contributed by atoms with E-state index in [2.05, 4.69) is 0 Å². The van der Waals surface area contributed by atoms with E-state index in [1.54, 1.807) is 0 Å². The predicted octanol–water partition coefficient (Wildman–Crippen LogP) is 1.98. The van der Waals surface area contributed by atoms with Crippen molar-refractivity contribution in [2.75, 3.05) is 0 Å². The van der Waals surface area contributed by atoms with Gasteiger partial charge in [-0.3, -0.25) is 0 Å². The summed E-state index contributed by atoms with van der Waals surface area (Å²) in [4.78, 5) is 0. The molecule has 2 aliphatic rings. The van der Waals surface area contributed by atoms with Crippen LogP contribution in [-0.2, 0) is 10.3 Å². The molecule has 2 aromatic carbocycles. The number of hydrogen-bond acceptors (Lipinski definition) is 6. The third kappa shape index (κ3) is 1.82. The van der Waals surface area contributed by atoms with E-state index in [1.165, 1.54) is 30.3 Å².